The molecule has 0 bridgehead atoms. The van der Waals surface area contributed by atoms with E-state index in [1.54, 1.807) is 13.0 Å². The van der Waals surface area contributed by atoms with Crippen LogP contribution in [0.2, 0.25) is 0 Å². The Labute approximate surface area is 91.5 Å². The molecule has 0 saturated heterocycles. The summed E-state index contributed by atoms with van der Waals surface area (Å²) in [4.78, 5) is 25.7. The summed E-state index contributed by atoms with van der Waals surface area (Å²) >= 11 is 0. The van der Waals surface area contributed by atoms with Gasteiger partial charge in [0.25, 0.3) is 5.69 Å². The smallest absolute Gasteiger partial charge is 0.306 e. The van der Waals surface area contributed by atoms with Gasteiger partial charge in [-0.15, -0.1) is 0 Å². The van der Waals surface area contributed by atoms with Gasteiger partial charge >= 0.3 is 6.03 Å². The second kappa shape index (κ2) is 5.66. The van der Waals surface area contributed by atoms with Crippen molar-refractivity contribution in [3.63, 3.8) is 0 Å². The van der Waals surface area contributed by atoms with Crippen molar-refractivity contribution in [1.29, 1.82) is 0 Å². The maximum absolute atomic E-state index is 11.1. The molecule has 0 fully saturated rings. The van der Waals surface area contributed by atoms with Gasteiger partial charge in [0.2, 0.25) is 0 Å². The molecule has 0 spiro atoms. The first-order valence-electron chi connectivity index (χ1n) is 4.56. The third-order valence-electron chi connectivity index (χ3n) is 1.62. The molecule has 0 aromatic heterocycles. The summed E-state index contributed by atoms with van der Waals surface area (Å²) in [5.74, 6) is 0. The number of hydroxylamine groups is 1. The van der Waals surface area contributed by atoms with Crippen molar-refractivity contribution in [3.05, 3.63) is 34.4 Å². The summed E-state index contributed by atoms with van der Waals surface area (Å²) in [6.07, 6.45) is 0. The number of anilines is 1. The SMILES string of the molecule is CCONC(=O)Nc1cccc([N+](=O)[O-])c1. The monoisotopic (exact) mass is 225 g/mol. The van der Waals surface area contributed by atoms with Crippen molar-refractivity contribution in [2.45, 2.75) is 6.92 Å². The van der Waals surface area contributed by atoms with E-state index < -0.39 is 11.0 Å². The Morgan fingerprint density at radius 2 is 2.31 bits per heavy atom. The van der Waals surface area contributed by atoms with E-state index in [9.17, 15) is 14.9 Å². The first-order chi connectivity index (χ1) is 7.63. The summed E-state index contributed by atoms with van der Waals surface area (Å²) in [5.41, 5.74) is 2.35. The summed E-state index contributed by atoms with van der Waals surface area (Å²) < 4.78 is 0. The average Bonchev–Trinajstić information content (AvgIpc) is 2.26. The van der Waals surface area contributed by atoms with Crippen LogP contribution in [0.25, 0.3) is 0 Å². The van der Waals surface area contributed by atoms with Crippen LogP contribution in [0, 0.1) is 10.1 Å². The van der Waals surface area contributed by atoms with Crippen molar-refractivity contribution in [2.24, 2.45) is 0 Å². The number of urea groups is 1. The van der Waals surface area contributed by atoms with Gasteiger partial charge in [-0.2, -0.15) is 0 Å². The number of nitrogens with one attached hydrogen (secondary N) is 2. The van der Waals surface area contributed by atoms with Gasteiger partial charge in [-0.3, -0.25) is 15.0 Å². The number of hydrogen-bond acceptors (Lipinski definition) is 4. The quantitative estimate of drug-likeness (QED) is 0.602. The molecule has 86 valence electrons. The largest absolute Gasteiger partial charge is 0.343 e. The average molecular weight is 225 g/mol. The van der Waals surface area contributed by atoms with Gasteiger partial charge in [-0.1, -0.05) is 6.07 Å². The highest BCUT2D eigenvalue weighted by Crippen LogP contribution is 2.16. The van der Waals surface area contributed by atoms with Crippen LogP contribution < -0.4 is 10.8 Å². The minimum Gasteiger partial charge on any atom is -0.306 e. The van der Waals surface area contributed by atoms with Crippen LogP contribution in [-0.4, -0.2) is 17.6 Å². The van der Waals surface area contributed by atoms with Crippen LogP contribution in [0.4, 0.5) is 16.2 Å². The molecule has 0 aliphatic carbocycles. The summed E-state index contributed by atoms with van der Waals surface area (Å²) in [6, 6.07) is 5.03. The Morgan fingerprint density at radius 3 is 2.94 bits per heavy atom. The fourth-order valence-electron chi connectivity index (χ4n) is 0.992. The highest BCUT2D eigenvalue weighted by Gasteiger charge is 2.07. The van der Waals surface area contributed by atoms with Crippen LogP contribution in [0.5, 0.6) is 0 Å². The maximum Gasteiger partial charge on any atom is 0.343 e. The minimum atomic E-state index is -0.581. The number of carbonyl (C=O) groups is 1. The van der Waals surface area contributed by atoms with Gasteiger partial charge in [0.05, 0.1) is 11.5 Å². The van der Waals surface area contributed by atoms with Crippen molar-refractivity contribution < 1.29 is 14.6 Å². The maximum atomic E-state index is 11.1. The molecule has 0 aliphatic rings. The lowest BCUT2D eigenvalue weighted by Crippen LogP contribution is -2.28. The van der Waals surface area contributed by atoms with Crippen LogP contribution in [0.15, 0.2) is 24.3 Å². The van der Waals surface area contributed by atoms with Crippen LogP contribution in [0.3, 0.4) is 0 Å². The Morgan fingerprint density at radius 1 is 1.56 bits per heavy atom. The second-order valence-corrected chi connectivity index (χ2v) is 2.80. The molecule has 7 heteroatoms. The van der Waals surface area contributed by atoms with Gasteiger partial charge in [-0.05, 0) is 13.0 Å². The van der Waals surface area contributed by atoms with Crippen LogP contribution >= 0.6 is 0 Å². The molecule has 0 atom stereocenters. The predicted molar refractivity (Wildman–Crippen MR) is 56.9 cm³/mol. The molecule has 0 radical (unpaired) electrons. The number of amides is 2. The molecule has 0 heterocycles. The Bertz CT molecular complexity index is 394. The molecule has 2 N–H and O–H groups in total. The van der Waals surface area contributed by atoms with Gasteiger partial charge in [0, 0.05) is 17.8 Å². The van der Waals surface area contributed by atoms with Gasteiger partial charge in [0.15, 0.2) is 0 Å². The summed E-state index contributed by atoms with van der Waals surface area (Å²) in [5, 5.41) is 12.9. The number of carbonyl (C=O) groups excluding carboxylic acids is 1. The highest BCUT2D eigenvalue weighted by molar-refractivity contribution is 5.88. The third kappa shape index (κ3) is 3.54. The second-order valence-electron chi connectivity index (χ2n) is 2.80. The van der Waals surface area contributed by atoms with Gasteiger partial charge in [0.1, 0.15) is 0 Å². The molecule has 1 aromatic rings. The van der Waals surface area contributed by atoms with E-state index >= 15 is 0 Å². The number of benzene rings is 1. The topological polar surface area (TPSA) is 93.5 Å². The first-order valence-corrected chi connectivity index (χ1v) is 4.56. The van der Waals surface area contributed by atoms with E-state index in [-0.39, 0.29) is 5.69 Å². The number of rotatable bonds is 4. The lowest BCUT2D eigenvalue weighted by atomic mass is 10.3. The number of nitro groups is 1. The third-order valence-corrected chi connectivity index (χ3v) is 1.62. The van der Waals surface area contributed by atoms with E-state index in [2.05, 4.69) is 15.6 Å². The Hall–Kier alpha value is -2.15. The number of non-ortho nitro benzene ring substituents is 1. The molecular weight excluding hydrogens is 214 g/mol. The Balaban J connectivity index is 2.63. The fraction of sp³-hybridized carbons (Fsp3) is 0.222. The minimum absolute atomic E-state index is 0.0887. The molecule has 0 unspecified atom stereocenters. The molecule has 1 aromatic carbocycles. The lowest BCUT2D eigenvalue weighted by Gasteiger charge is -2.05. The van der Waals surface area contributed by atoms with Crippen molar-refractivity contribution in [3.8, 4) is 0 Å². The van der Waals surface area contributed by atoms with E-state index in [0.717, 1.165) is 0 Å². The van der Waals surface area contributed by atoms with Crippen LogP contribution in [-0.2, 0) is 4.84 Å². The standard InChI is InChI=1S/C9H11N3O4/c1-2-16-11-9(13)10-7-4-3-5-8(6-7)12(14)15/h3-6H,2H2,1H3,(H2,10,11,13). The zero-order chi connectivity index (χ0) is 12.0. The summed E-state index contributed by atoms with van der Waals surface area (Å²) in [7, 11) is 0. The van der Waals surface area contributed by atoms with Crippen LogP contribution in [0.1, 0.15) is 6.92 Å². The molecular formula is C9H11N3O4. The van der Waals surface area contributed by atoms with E-state index in [0.29, 0.717) is 12.3 Å². The number of hydrogen-bond donors (Lipinski definition) is 2. The zero-order valence-corrected chi connectivity index (χ0v) is 8.60. The molecule has 1 rings (SSSR count). The zero-order valence-electron chi connectivity index (χ0n) is 8.60. The van der Waals surface area contributed by atoms with E-state index in [1.807, 2.05) is 0 Å². The summed E-state index contributed by atoms with van der Waals surface area (Å²) in [6.45, 7) is 2.05. The van der Waals surface area contributed by atoms with E-state index in [1.165, 1.54) is 18.2 Å². The lowest BCUT2D eigenvalue weighted by molar-refractivity contribution is -0.384. The van der Waals surface area contributed by atoms with Crippen molar-refractivity contribution >= 4 is 17.4 Å². The molecule has 7 nitrogen and oxygen atoms in total. The van der Waals surface area contributed by atoms with Gasteiger partial charge < -0.3 is 5.32 Å². The fourth-order valence-corrected chi connectivity index (χ4v) is 0.992. The normalized spacial score (nSPS) is 9.56. The van der Waals surface area contributed by atoms with Crippen molar-refractivity contribution in [1.82, 2.24) is 5.48 Å². The first kappa shape index (κ1) is 11.9. The predicted octanol–water partition coefficient (Wildman–Crippen LogP) is 1.67. The van der Waals surface area contributed by atoms with Crippen molar-refractivity contribution in [2.75, 3.05) is 11.9 Å². The number of nitrogens with zero attached hydrogens (tertiary/aromatic N) is 1. The van der Waals surface area contributed by atoms with Gasteiger partial charge in [-0.25, -0.2) is 10.3 Å². The van der Waals surface area contributed by atoms with E-state index in [4.69, 9.17) is 0 Å². The highest BCUT2D eigenvalue weighted by atomic mass is 16.7. The molecule has 0 aliphatic heterocycles. The Kier molecular flexibility index (Phi) is 4.22. The molecule has 0 saturated carbocycles. The molecule has 16 heavy (non-hydrogen) atoms. The molecule has 2 amide bonds. The number of nitro benzene ring substituents is 1.